The lowest BCUT2D eigenvalue weighted by Gasteiger charge is -2.11. The molecule has 3 rings (SSSR count). The molecule has 0 saturated heterocycles. The van der Waals surface area contributed by atoms with Crippen LogP contribution in [-0.2, 0) is 6.54 Å². The van der Waals surface area contributed by atoms with Gasteiger partial charge in [0.25, 0.3) is 0 Å². The van der Waals surface area contributed by atoms with E-state index in [1.54, 1.807) is 12.1 Å². The zero-order valence-corrected chi connectivity index (χ0v) is 11.2. The van der Waals surface area contributed by atoms with Crippen LogP contribution >= 0.6 is 0 Å². The van der Waals surface area contributed by atoms with Gasteiger partial charge in [0, 0.05) is 12.1 Å². The van der Waals surface area contributed by atoms with Gasteiger partial charge in [-0.05, 0) is 25.1 Å². The number of aromatic nitrogens is 2. The average molecular weight is 269 g/mol. The molecule has 2 N–H and O–H groups in total. The van der Waals surface area contributed by atoms with E-state index in [-0.39, 0.29) is 11.9 Å². The summed E-state index contributed by atoms with van der Waals surface area (Å²) in [5.41, 5.74) is 2.62. The minimum absolute atomic E-state index is 0.0296. The van der Waals surface area contributed by atoms with E-state index < -0.39 is 0 Å². The highest BCUT2D eigenvalue weighted by atomic mass is 19.1. The monoisotopic (exact) mass is 269 g/mol. The van der Waals surface area contributed by atoms with Gasteiger partial charge in [-0.3, -0.25) is 0 Å². The van der Waals surface area contributed by atoms with E-state index in [1.807, 2.05) is 37.3 Å². The van der Waals surface area contributed by atoms with E-state index in [1.165, 1.54) is 6.07 Å². The molecular weight excluding hydrogens is 253 g/mol. The van der Waals surface area contributed by atoms with Crippen LogP contribution in [0.3, 0.4) is 0 Å². The molecule has 0 bridgehead atoms. The Bertz CT molecular complexity index is 687. The van der Waals surface area contributed by atoms with Crippen molar-refractivity contribution < 1.29 is 4.39 Å². The lowest BCUT2D eigenvalue weighted by Crippen LogP contribution is -2.19. The average Bonchev–Trinajstić information content (AvgIpc) is 2.90. The van der Waals surface area contributed by atoms with Crippen LogP contribution in [0.15, 0.2) is 48.5 Å². The molecule has 1 atom stereocenters. The van der Waals surface area contributed by atoms with Crippen molar-refractivity contribution >= 4 is 11.0 Å². The molecule has 1 heterocycles. The molecule has 0 aliphatic rings. The molecule has 2 aromatic carbocycles. The van der Waals surface area contributed by atoms with Crippen LogP contribution in [0.4, 0.5) is 4.39 Å². The summed E-state index contributed by atoms with van der Waals surface area (Å²) in [7, 11) is 0. The number of nitrogens with one attached hydrogen (secondary N) is 2. The maximum atomic E-state index is 13.5. The quantitative estimate of drug-likeness (QED) is 0.760. The van der Waals surface area contributed by atoms with Crippen molar-refractivity contribution in [2.45, 2.75) is 19.5 Å². The summed E-state index contributed by atoms with van der Waals surface area (Å²) in [6.45, 7) is 2.49. The maximum absolute atomic E-state index is 13.5. The van der Waals surface area contributed by atoms with Crippen molar-refractivity contribution in [1.29, 1.82) is 0 Å². The first-order valence-electron chi connectivity index (χ1n) is 6.65. The van der Waals surface area contributed by atoms with Gasteiger partial charge in [-0.15, -0.1) is 0 Å². The van der Waals surface area contributed by atoms with Crippen LogP contribution in [0.25, 0.3) is 11.0 Å². The summed E-state index contributed by atoms with van der Waals surface area (Å²) in [6.07, 6.45) is 0. The molecule has 4 heteroatoms. The third-order valence-electron chi connectivity index (χ3n) is 3.37. The van der Waals surface area contributed by atoms with Crippen molar-refractivity contribution in [2.75, 3.05) is 0 Å². The van der Waals surface area contributed by atoms with Gasteiger partial charge in [-0.25, -0.2) is 9.37 Å². The van der Waals surface area contributed by atoms with E-state index >= 15 is 0 Å². The summed E-state index contributed by atoms with van der Waals surface area (Å²) >= 11 is 0. The number of para-hydroxylation sites is 2. The van der Waals surface area contributed by atoms with Gasteiger partial charge in [0.05, 0.1) is 17.1 Å². The van der Waals surface area contributed by atoms with Crippen molar-refractivity contribution in [2.24, 2.45) is 0 Å². The van der Waals surface area contributed by atoms with E-state index in [2.05, 4.69) is 15.3 Å². The molecule has 20 heavy (non-hydrogen) atoms. The topological polar surface area (TPSA) is 40.7 Å². The van der Waals surface area contributed by atoms with Crippen LogP contribution in [-0.4, -0.2) is 9.97 Å². The number of halogens is 1. The van der Waals surface area contributed by atoms with Crippen molar-refractivity contribution in [3.8, 4) is 0 Å². The summed E-state index contributed by atoms with van der Waals surface area (Å²) in [6, 6.07) is 14.7. The highest BCUT2D eigenvalue weighted by Crippen LogP contribution is 2.16. The predicted octanol–water partition coefficient (Wildman–Crippen LogP) is 3.55. The number of H-pyrrole nitrogens is 1. The zero-order valence-electron chi connectivity index (χ0n) is 11.2. The molecule has 3 nitrogen and oxygen atoms in total. The van der Waals surface area contributed by atoms with E-state index in [4.69, 9.17) is 0 Å². The summed E-state index contributed by atoms with van der Waals surface area (Å²) < 4.78 is 13.5. The molecule has 0 aliphatic carbocycles. The molecule has 3 aromatic rings. The lowest BCUT2D eigenvalue weighted by atomic mass is 10.2. The standard InChI is InChI=1S/C16H16FN3/c1-11(18-10-12-6-2-3-7-13(12)17)16-19-14-8-4-5-9-15(14)20-16/h2-9,11,18H,10H2,1H3,(H,19,20). The predicted molar refractivity (Wildman–Crippen MR) is 77.7 cm³/mol. The highest BCUT2D eigenvalue weighted by molar-refractivity contribution is 5.74. The van der Waals surface area contributed by atoms with E-state index in [0.29, 0.717) is 12.1 Å². The Labute approximate surface area is 116 Å². The SMILES string of the molecule is CC(NCc1ccccc1F)c1nc2ccccc2[nH]1. The van der Waals surface area contributed by atoms with Crippen LogP contribution in [0.5, 0.6) is 0 Å². The number of hydrogen-bond donors (Lipinski definition) is 2. The first kappa shape index (κ1) is 12.8. The molecular formula is C16H16FN3. The van der Waals surface area contributed by atoms with E-state index in [9.17, 15) is 4.39 Å². The fourth-order valence-corrected chi connectivity index (χ4v) is 2.18. The smallest absolute Gasteiger partial charge is 0.127 e. The lowest BCUT2D eigenvalue weighted by molar-refractivity contribution is 0.529. The fraction of sp³-hybridized carbons (Fsp3) is 0.188. The molecule has 0 spiro atoms. The van der Waals surface area contributed by atoms with Gasteiger partial charge < -0.3 is 10.3 Å². The minimum atomic E-state index is -0.184. The highest BCUT2D eigenvalue weighted by Gasteiger charge is 2.10. The molecule has 1 unspecified atom stereocenters. The van der Waals surface area contributed by atoms with Crippen molar-refractivity contribution in [3.05, 3.63) is 65.7 Å². The third kappa shape index (κ3) is 2.56. The zero-order chi connectivity index (χ0) is 13.9. The first-order chi connectivity index (χ1) is 9.74. The molecule has 0 amide bonds. The molecule has 0 saturated carbocycles. The Morgan fingerprint density at radius 1 is 1.15 bits per heavy atom. The Hall–Kier alpha value is -2.20. The van der Waals surface area contributed by atoms with Gasteiger partial charge in [0.15, 0.2) is 0 Å². The Morgan fingerprint density at radius 3 is 2.70 bits per heavy atom. The maximum Gasteiger partial charge on any atom is 0.127 e. The largest absolute Gasteiger partial charge is 0.341 e. The Balaban J connectivity index is 1.73. The second-order valence-corrected chi connectivity index (χ2v) is 4.83. The van der Waals surface area contributed by atoms with Crippen LogP contribution in [0.1, 0.15) is 24.4 Å². The molecule has 0 radical (unpaired) electrons. The number of fused-ring (bicyclic) bond motifs is 1. The number of imidazole rings is 1. The molecule has 1 aromatic heterocycles. The Kier molecular flexibility index (Phi) is 3.48. The Morgan fingerprint density at radius 2 is 1.90 bits per heavy atom. The van der Waals surface area contributed by atoms with Gasteiger partial charge >= 0.3 is 0 Å². The number of benzene rings is 2. The normalized spacial score (nSPS) is 12.7. The van der Waals surface area contributed by atoms with Gasteiger partial charge in [-0.1, -0.05) is 30.3 Å². The van der Waals surface area contributed by atoms with Gasteiger partial charge in [-0.2, -0.15) is 0 Å². The molecule has 102 valence electrons. The second kappa shape index (κ2) is 5.43. The third-order valence-corrected chi connectivity index (χ3v) is 3.37. The first-order valence-corrected chi connectivity index (χ1v) is 6.65. The molecule has 0 fully saturated rings. The van der Waals surface area contributed by atoms with E-state index in [0.717, 1.165) is 16.9 Å². The van der Waals surface area contributed by atoms with Gasteiger partial charge in [0.2, 0.25) is 0 Å². The van der Waals surface area contributed by atoms with Crippen LogP contribution < -0.4 is 5.32 Å². The minimum Gasteiger partial charge on any atom is -0.341 e. The summed E-state index contributed by atoms with van der Waals surface area (Å²) in [5, 5.41) is 3.28. The summed E-state index contributed by atoms with van der Waals surface area (Å²) in [4.78, 5) is 7.81. The van der Waals surface area contributed by atoms with Crippen molar-refractivity contribution in [3.63, 3.8) is 0 Å². The molecule has 0 aliphatic heterocycles. The fourth-order valence-electron chi connectivity index (χ4n) is 2.18. The summed E-state index contributed by atoms with van der Waals surface area (Å²) in [5.74, 6) is 0.680. The number of aromatic amines is 1. The second-order valence-electron chi connectivity index (χ2n) is 4.83. The van der Waals surface area contributed by atoms with Crippen molar-refractivity contribution in [1.82, 2.24) is 15.3 Å². The van der Waals surface area contributed by atoms with Crippen LogP contribution in [0, 0.1) is 5.82 Å². The number of nitrogens with zero attached hydrogens (tertiary/aromatic N) is 1. The number of rotatable bonds is 4. The van der Waals surface area contributed by atoms with Gasteiger partial charge in [0.1, 0.15) is 11.6 Å². The number of hydrogen-bond acceptors (Lipinski definition) is 2. The van der Waals surface area contributed by atoms with Crippen LogP contribution in [0.2, 0.25) is 0 Å².